The van der Waals surface area contributed by atoms with Gasteiger partial charge in [-0.15, -0.1) is 0 Å². The summed E-state index contributed by atoms with van der Waals surface area (Å²) in [4.78, 5) is 43.2. The van der Waals surface area contributed by atoms with Crippen LogP contribution in [0.1, 0.15) is 41.7 Å². The number of amides is 3. The highest BCUT2D eigenvalue weighted by Gasteiger charge is 2.34. The predicted molar refractivity (Wildman–Crippen MR) is 117 cm³/mol. The Morgan fingerprint density at radius 1 is 1.22 bits per heavy atom. The van der Waals surface area contributed by atoms with Crippen LogP contribution >= 0.6 is 0 Å². The normalized spacial score (nSPS) is 18.4. The molecule has 1 aromatic carbocycles. The molecular formula is C22H24N6O4. The van der Waals surface area contributed by atoms with Gasteiger partial charge in [0.2, 0.25) is 5.88 Å². The third kappa shape index (κ3) is 4.11. The number of rotatable bonds is 4. The van der Waals surface area contributed by atoms with Crippen LogP contribution < -0.4 is 15.8 Å². The Hall–Kier alpha value is -3.95. The smallest absolute Gasteiger partial charge is 0.313 e. The highest BCUT2D eigenvalue weighted by molar-refractivity contribution is 6.39. The van der Waals surface area contributed by atoms with Gasteiger partial charge >= 0.3 is 11.8 Å². The summed E-state index contributed by atoms with van der Waals surface area (Å²) in [7, 11) is 1.36. The fourth-order valence-electron chi connectivity index (χ4n) is 4.07. The van der Waals surface area contributed by atoms with Gasteiger partial charge in [-0.1, -0.05) is 13.0 Å². The minimum Gasteiger partial charge on any atom is -0.480 e. The Bertz CT molecular complexity index is 1190. The van der Waals surface area contributed by atoms with E-state index in [4.69, 9.17) is 10.5 Å². The summed E-state index contributed by atoms with van der Waals surface area (Å²) in [6.07, 6.45) is 4.74. The number of ether oxygens (including phenoxy) is 1. The minimum atomic E-state index is -0.809. The van der Waals surface area contributed by atoms with Gasteiger partial charge in [0.05, 0.1) is 36.7 Å². The van der Waals surface area contributed by atoms with Crippen LogP contribution in [0.5, 0.6) is 5.88 Å². The molecule has 3 heterocycles. The van der Waals surface area contributed by atoms with Crippen molar-refractivity contribution < 1.29 is 19.1 Å². The van der Waals surface area contributed by atoms with Crippen LogP contribution in [0.25, 0.3) is 10.9 Å². The number of nitrogens with zero attached hydrogens (tertiary/aromatic N) is 3. The average Bonchev–Trinajstić information content (AvgIpc) is 3.26. The fraction of sp³-hybridized carbons (Fsp3) is 0.318. The summed E-state index contributed by atoms with van der Waals surface area (Å²) in [6, 6.07) is 6.98. The van der Waals surface area contributed by atoms with Crippen LogP contribution in [0, 0.1) is 5.92 Å². The molecule has 1 aliphatic rings. The lowest BCUT2D eigenvalue weighted by molar-refractivity contribution is -0.146. The van der Waals surface area contributed by atoms with E-state index in [1.54, 1.807) is 11.1 Å². The molecule has 2 aromatic heterocycles. The Balaban J connectivity index is 1.57. The molecule has 4 N–H and O–H groups in total. The van der Waals surface area contributed by atoms with E-state index < -0.39 is 17.7 Å². The number of carbonyl (C=O) groups is 3. The van der Waals surface area contributed by atoms with E-state index in [0.29, 0.717) is 6.54 Å². The zero-order valence-corrected chi connectivity index (χ0v) is 17.8. The lowest BCUT2D eigenvalue weighted by Crippen LogP contribution is -2.46. The standard InChI is InChI=1S/C22H24N6O4/c1-12-3-6-18(13-4-5-17-14(7-13)9-25-27-17)28(11-12)22(31)20(30)26-15-8-16(19(23)29)21(32-2)24-10-15/h4-5,7-10,12,18H,3,6,11H2,1-2H3,(H2,23,29)(H,25,27)(H,26,30)/t12-,18+/m1/s1. The lowest BCUT2D eigenvalue weighted by atomic mass is 9.89. The van der Waals surface area contributed by atoms with Crippen molar-refractivity contribution in [3.63, 3.8) is 0 Å². The molecule has 1 fully saturated rings. The number of hydrogen-bond donors (Lipinski definition) is 3. The Morgan fingerprint density at radius 3 is 2.78 bits per heavy atom. The first-order chi connectivity index (χ1) is 15.4. The molecule has 0 bridgehead atoms. The van der Waals surface area contributed by atoms with E-state index >= 15 is 0 Å². The maximum absolute atomic E-state index is 13.1. The van der Waals surface area contributed by atoms with E-state index in [1.807, 2.05) is 18.2 Å². The number of nitrogens with one attached hydrogen (secondary N) is 2. The molecule has 3 aromatic rings. The maximum atomic E-state index is 13.1. The quantitative estimate of drug-likeness (QED) is 0.534. The summed E-state index contributed by atoms with van der Waals surface area (Å²) in [5, 5.41) is 10.4. The first-order valence-electron chi connectivity index (χ1n) is 10.3. The van der Waals surface area contributed by atoms with Gasteiger partial charge < -0.3 is 20.7 Å². The number of H-pyrrole nitrogens is 1. The second kappa shape index (κ2) is 8.66. The zero-order chi connectivity index (χ0) is 22.8. The molecule has 10 nitrogen and oxygen atoms in total. The second-order valence-corrected chi connectivity index (χ2v) is 7.97. The van der Waals surface area contributed by atoms with Crippen molar-refractivity contribution >= 4 is 34.3 Å². The molecule has 0 saturated carbocycles. The summed E-state index contributed by atoms with van der Waals surface area (Å²) in [5.41, 5.74) is 7.39. The highest BCUT2D eigenvalue weighted by Crippen LogP contribution is 2.34. The number of hydrogen-bond acceptors (Lipinski definition) is 6. The number of benzene rings is 1. The number of carbonyl (C=O) groups excluding carboxylic acids is 3. The minimum absolute atomic E-state index is 0.00985. The van der Waals surface area contributed by atoms with E-state index in [-0.39, 0.29) is 29.1 Å². The van der Waals surface area contributed by atoms with Crippen LogP contribution in [-0.2, 0) is 9.59 Å². The van der Waals surface area contributed by atoms with Crippen molar-refractivity contribution in [1.82, 2.24) is 20.1 Å². The van der Waals surface area contributed by atoms with Gasteiger partial charge in [0.1, 0.15) is 5.56 Å². The second-order valence-electron chi connectivity index (χ2n) is 7.97. The number of aromatic amines is 1. The fourth-order valence-corrected chi connectivity index (χ4v) is 4.07. The van der Waals surface area contributed by atoms with Crippen LogP contribution in [-0.4, -0.2) is 51.5 Å². The number of piperidine rings is 1. The third-order valence-corrected chi connectivity index (χ3v) is 5.69. The van der Waals surface area contributed by atoms with Gasteiger partial charge in [-0.3, -0.25) is 19.5 Å². The topological polar surface area (TPSA) is 143 Å². The molecule has 3 amide bonds. The van der Waals surface area contributed by atoms with Crippen molar-refractivity contribution in [3.8, 4) is 5.88 Å². The van der Waals surface area contributed by atoms with E-state index in [2.05, 4.69) is 27.4 Å². The average molecular weight is 436 g/mol. The van der Waals surface area contributed by atoms with Gasteiger partial charge in [0.25, 0.3) is 5.91 Å². The van der Waals surface area contributed by atoms with E-state index in [9.17, 15) is 14.4 Å². The zero-order valence-electron chi connectivity index (χ0n) is 17.8. The van der Waals surface area contributed by atoms with E-state index in [0.717, 1.165) is 29.3 Å². The molecule has 4 rings (SSSR count). The molecule has 0 radical (unpaired) electrons. The van der Waals surface area contributed by atoms with Crippen molar-refractivity contribution in [2.24, 2.45) is 11.7 Å². The summed E-state index contributed by atoms with van der Waals surface area (Å²) in [6.45, 7) is 2.52. The van der Waals surface area contributed by atoms with Gasteiger partial charge in [0.15, 0.2) is 0 Å². The van der Waals surface area contributed by atoms with Gasteiger partial charge in [-0.25, -0.2) is 4.98 Å². The summed E-state index contributed by atoms with van der Waals surface area (Å²) >= 11 is 0. The number of pyridine rings is 1. The molecule has 2 atom stereocenters. The highest BCUT2D eigenvalue weighted by atomic mass is 16.5. The molecule has 0 aliphatic carbocycles. The Kier molecular flexibility index (Phi) is 5.76. The number of fused-ring (bicyclic) bond motifs is 1. The molecule has 1 saturated heterocycles. The SMILES string of the molecule is COc1ncc(NC(=O)C(=O)N2C[C@H](C)CC[C@H]2c2ccc3[nH]ncc3c2)cc1C(N)=O. The van der Waals surface area contributed by atoms with Crippen molar-refractivity contribution in [1.29, 1.82) is 0 Å². The Morgan fingerprint density at radius 2 is 2.03 bits per heavy atom. The first kappa shape index (κ1) is 21.3. The Labute approximate surface area is 184 Å². The van der Waals surface area contributed by atoms with Gasteiger partial charge in [-0.2, -0.15) is 5.10 Å². The maximum Gasteiger partial charge on any atom is 0.313 e. The number of methoxy groups -OCH3 is 1. The van der Waals surface area contributed by atoms with Gasteiger partial charge in [-0.05, 0) is 42.5 Å². The van der Waals surface area contributed by atoms with Crippen LogP contribution in [0.3, 0.4) is 0 Å². The molecule has 1 aliphatic heterocycles. The molecule has 0 spiro atoms. The largest absolute Gasteiger partial charge is 0.480 e. The van der Waals surface area contributed by atoms with Crippen LogP contribution in [0.2, 0.25) is 0 Å². The van der Waals surface area contributed by atoms with Crippen molar-refractivity contribution in [2.45, 2.75) is 25.8 Å². The summed E-state index contributed by atoms with van der Waals surface area (Å²) in [5.74, 6) is -1.90. The van der Waals surface area contributed by atoms with Crippen LogP contribution in [0.4, 0.5) is 5.69 Å². The van der Waals surface area contributed by atoms with Crippen molar-refractivity contribution in [3.05, 3.63) is 47.8 Å². The number of likely N-dealkylation sites (tertiary alicyclic amines) is 1. The number of primary amides is 1. The third-order valence-electron chi connectivity index (χ3n) is 5.69. The molecule has 166 valence electrons. The van der Waals surface area contributed by atoms with Gasteiger partial charge in [0, 0.05) is 11.9 Å². The molecular weight excluding hydrogens is 412 g/mol. The molecule has 0 unspecified atom stereocenters. The predicted octanol–water partition coefficient (Wildman–Crippen LogP) is 2.00. The lowest BCUT2D eigenvalue weighted by Gasteiger charge is -2.38. The number of anilines is 1. The van der Waals surface area contributed by atoms with Crippen LogP contribution in [0.15, 0.2) is 36.7 Å². The molecule has 10 heteroatoms. The van der Waals surface area contributed by atoms with E-state index in [1.165, 1.54) is 19.4 Å². The number of nitrogens with two attached hydrogens (primary N) is 1. The number of aromatic nitrogens is 3. The monoisotopic (exact) mass is 436 g/mol. The summed E-state index contributed by atoms with van der Waals surface area (Å²) < 4.78 is 5.00. The molecule has 32 heavy (non-hydrogen) atoms. The first-order valence-corrected chi connectivity index (χ1v) is 10.3. The van der Waals surface area contributed by atoms with Crippen molar-refractivity contribution in [2.75, 3.05) is 19.0 Å².